The molecule has 2 aromatic carbocycles. The number of rotatable bonds is 6. The lowest BCUT2D eigenvalue weighted by atomic mass is 10.1. The van der Waals surface area contributed by atoms with E-state index in [0.29, 0.717) is 23.0 Å². The second-order valence-corrected chi connectivity index (χ2v) is 7.25. The molecule has 4 rings (SSSR count). The second kappa shape index (κ2) is 7.90. The fourth-order valence-electron chi connectivity index (χ4n) is 2.93. The fraction of sp³-hybridized carbons (Fsp3) is 0.190. The third-order valence-electron chi connectivity index (χ3n) is 4.52. The Balaban J connectivity index is 1.66. The van der Waals surface area contributed by atoms with Gasteiger partial charge in [0.15, 0.2) is 23.0 Å². The minimum atomic E-state index is 0.641. The van der Waals surface area contributed by atoms with Crippen LogP contribution in [0.5, 0.6) is 11.5 Å². The van der Waals surface area contributed by atoms with E-state index in [9.17, 15) is 0 Å². The summed E-state index contributed by atoms with van der Waals surface area (Å²) in [5.74, 6) is 2.83. The van der Waals surface area contributed by atoms with Crippen LogP contribution in [0.3, 0.4) is 0 Å². The number of nitrogens with zero attached hydrogens (tertiary/aromatic N) is 4. The van der Waals surface area contributed by atoms with Gasteiger partial charge in [-0.15, -0.1) is 10.2 Å². The van der Waals surface area contributed by atoms with Crippen LogP contribution in [0.2, 0.25) is 0 Å². The zero-order valence-corrected chi connectivity index (χ0v) is 16.7. The first-order valence-corrected chi connectivity index (χ1v) is 9.80. The van der Waals surface area contributed by atoms with Crippen molar-refractivity contribution < 1.29 is 9.47 Å². The van der Waals surface area contributed by atoms with Gasteiger partial charge in [0.25, 0.3) is 0 Å². The molecule has 7 heteroatoms. The minimum absolute atomic E-state index is 0.641. The third-order valence-corrected chi connectivity index (χ3v) is 5.49. The molecule has 6 nitrogen and oxygen atoms in total. The lowest BCUT2D eigenvalue weighted by Gasteiger charge is -2.09. The summed E-state index contributed by atoms with van der Waals surface area (Å²) in [6.45, 7) is 2.13. The topological polar surface area (TPSA) is 61.5 Å². The zero-order valence-electron chi connectivity index (χ0n) is 15.9. The molecule has 0 amide bonds. The minimum Gasteiger partial charge on any atom is -0.493 e. The molecular weight excluding hydrogens is 372 g/mol. The van der Waals surface area contributed by atoms with E-state index in [1.54, 1.807) is 30.5 Å². The lowest BCUT2D eigenvalue weighted by Crippen LogP contribution is -1.98. The van der Waals surface area contributed by atoms with Crippen LogP contribution in [0.1, 0.15) is 11.1 Å². The Bertz CT molecular complexity index is 1130. The monoisotopic (exact) mass is 392 g/mol. The van der Waals surface area contributed by atoms with Gasteiger partial charge >= 0.3 is 0 Å². The van der Waals surface area contributed by atoms with Crippen molar-refractivity contribution in [3.63, 3.8) is 0 Å². The van der Waals surface area contributed by atoms with Gasteiger partial charge in [-0.25, -0.2) is 0 Å². The number of benzene rings is 2. The van der Waals surface area contributed by atoms with Gasteiger partial charge in [-0.1, -0.05) is 36.0 Å². The van der Waals surface area contributed by atoms with E-state index < -0.39 is 0 Å². The standard InChI is InChI=1S/C21H20N4O2S/c1-14-6-4-5-7-16(14)13-28-20-11-10-19-22-23-21(25(19)24-20)15-8-9-17(26-2)18(12-15)27-3/h4-12H,13H2,1-3H3. The molecule has 0 radical (unpaired) electrons. The van der Waals surface area contributed by atoms with E-state index in [0.717, 1.165) is 16.3 Å². The highest BCUT2D eigenvalue weighted by molar-refractivity contribution is 7.98. The van der Waals surface area contributed by atoms with Crippen molar-refractivity contribution in [3.05, 3.63) is 65.7 Å². The highest BCUT2D eigenvalue weighted by atomic mass is 32.2. The molecular formula is C21H20N4O2S. The Labute approximate surface area is 167 Å². The van der Waals surface area contributed by atoms with Crippen molar-refractivity contribution in [1.82, 2.24) is 19.8 Å². The Kier molecular flexibility index (Phi) is 5.16. The van der Waals surface area contributed by atoms with E-state index in [1.165, 1.54) is 11.1 Å². The number of hydrogen-bond acceptors (Lipinski definition) is 6. The van der Waals surface area contributed by atoms with Gasteiger partial charge in [0.05, 0.1) is 14.2 Å². The van der Waals surface area contributed by atoms with Gasteiger partial charge in [0.1, 0.15) is 5.03 Å². The molecule has 0 spiro atoms. The van der Waals surface area contributed by atoms with Crippen LogP contribution in [-0.2, 0) is 5.75 Å². The van der Waals surface area contributed by atoms with Gasteiger partial charge in [-0.3, -0.25) is 0 Å². The van der Waals surface area contributed by atoms with Crippen molar-refractivity contribution in [2.24, 2.45) is 0 Å². The first-order chi connectivity index (χ1) is 13.7. The average Bonchev–Trinajstić information content (AvgIpc) is 3.16. The van der Waals surface area contributed by atoms with Gasteiger partial charge < -0.3 is 9.47 Å². The van der Waals surface area contributed by atoms with Gasteiger partial charge in [0, 0.05) is 11.3 Å². The number of aromatic nitrogens is 4. The van der Waals surface area contributed by atoms with Crippen molar-refractivity contribution in [1.29, 1.82) is 0 Å². The second-order valence-electron chi connectivity index (χ2n) is 6.25. The Morgan fingerprint density at radius 1 is 0.929 bits per heavy atom. The maximum Gasteiger partial charge on any atom is 0.185 e. The molecule has 0 N–H and O–H groups in total. The van der Waals surface area contributed by atoms with Crippen LogP contribution in [-0.4, -0.2) is 34.0 Å². The molecule has 2 aromatic heterocycles. The van der Waals surface area contributed by atoms with Crippen LogP contribution in [0, 0.1) is 6.92 Å². The molecule has 0 aliphatic heterocycles. The quantitative estimate of drug-likeness (QED) is 0.453. The largest absolute Gasteiger partial charge is 0.493 e. The number of fused-ring (bicyclic) bond motifs is 1. The summed E-state index contributed by atoms with van der Waals surface area (Å²) in [6.07, 6.45) is 0. The molecule has 0 unspecified atom stereocenters. The molecule has 0 fully saturated rings. The number of aryl methyl sites for hydroxylation is 1. The smallest absolute Gasteiger partial charge is 0.185 e. The van der Waals surface area contributed by atoms with Crippen LogP contribution in [0.15, 0.2) is 59.6 Å². The Morgan fingerprint density at radius 2 is 1.75 bits per heavy atom. The molecule has 2 heterocycles. The van der Waals surface area contributed by atoms with Crippen LogP contribution in [0.4, 0.5) is 0 Å². The fourth-order valence-corrected chi connectivity index (χ4v) is 3.86. The first-order valence-electron chi connectivity index (χ1n) is 8.82. The maximum atomic E-state index is 5.40. The summed E-state index contributed by atoms with van der Waals surface area (Å²) in [5.41, 5.74) is 4.15. The lowest BCUT2D eigenvalue weighted by molar-refractivity contribution is 0.355. The molecule has 0 bridgehead atoms. The van der Waals surface area contributed by atoms with Crippen molar-refractivity contribution in [2.45, 2.75) is 17.7 Å². The molecule has 0 atom stereocenters. The summed E-state index contributed by atoms with van der Waals surface area (Å²) < 4.78 is 12.5. The highest BCUT2D eigenvalue weighted by Gasteiger charge is 2.13. The molecule has 0 aliphatic rings. The highest BCUT2D eigenvalue weighted by Crippen LogP contribution is 2.32. The third kappa shape index (κ3) is 3.53. The molecule has 142 valence electrons. The summed E-state index contributed by atoms with van der Waals surface area (Å²) in [6, 6.07) is 18.0. The molecule has 0 saturated carbocycles. The van der Waals surface area contributed by atoms with Crippen LogP contribution in [0.25, 0.3) is 17.0 Å². The summed E-state index contributed by atoms with van der Waals surface area (Å²) in [4.78, 5) is 0. The maximum absolute atomic E-state index is 5.40. The number of ether oxygens (including phenoxy) is 2. The summed E-state index contributed by atoms with van der Waals surface area (Å²) >= 11 is 1.69. The van der Waals surface area contributed by atoms with E-state index in [1.807, 2.05) is 30.3 Å². The average molecular weight is 392 g/mol. The number of methoxy groups -OCH3 is 2. The van der Waals surface area contributed by atoms with Crippen molar-refractivity contribution >= 4 is 17.4 Å². The molecule has 0 saturated heterocycles. The normalized spacial score (nSPS) is 11.0. The zero-order chi connectivity index (χ0) is 19.5. The van der Waals surface area contributed by atoms with Crippen LogP contribution < -0.4 is 9.47 Å². The van der Waals surface area contributed by atoms with E-state index in [4.69, 9.17) is 14.6 Å². The van der Waals surface area contributed by atoms with E-state index >= 15 is 0 Å². The molecule has 0 aliphatic carbocycles. The first kappa shape index (κ1) is 18.3. The Hall–Kier alpha value is -3.06. The van der Waals surface area contributed by atoms with E-state index in [-0.39, 0.29) is 0 Å². The summed E-state index contributed by atoms with van der Waals surface area (Å²) in [5, 5.41) is 14.2. The number of hydrogen-bond donors (Lipinski definition) is 0. The van der Waals surface area contributed by atoms with Crippen LogP contribution >= 0.6 is 11.8 Å². The van der Waals surface area contributed by atoms with Gasteiger partial charge in [0.2, 0.25) is 0 Å². The van der Waals surface area contributed by atoms with Crippen molar-refractivity contribution in [2.75, 3.05) is 14.2 Å². The predicted octanol–water partition coefficient (Wildman–Crippen LogP) is 4.41. The molecule has 4 aromatic rings. The van der Waals surface area contributed by atoms with E-state index in [2.05, 4.69) is 41.4 Å². The number of thioether (sulfide) groups is 1. The SMILES string of the molecule is COc1ccc(-c2nnc3ccc(SCc4ccccc4C)nn23)cc1OC. The van der Waals surface area contributed by atoms with Gasteiger partial charge in [-0.2, -0.15) is 9.61 Å². The Morgan fingerprint density at radius 3 is 2.54 bits per heavy atom. The summed E-state index contributed by atoms with van der Waals surface area (Å²) in [7, 11) is 3.23. The molecule has 28 heavy (non-hydrogen) atoms. The van der Waals surface area contributed by atoms with Gasteiger partial charge in [-0.05, 0) is 48.4 Å². The predicted molar refractivity (Wildman–Crippen MR) is 110 cm³/mol. The van der Waals surface area contributed by atoms with Crippen molar-refractivity contribution in [3.8, 4) is 22.9 Å².